The van der Waals surface area contributed by atoms with Gasteiger partial charge in [0.15, 0.2) is 0 Å². The maximum atomic E-state index is 13.0. The van der Waals surface area contributed by atoms with Gasteiger partial charge in [0.05, 0.1) is 0 Å². The van der Waals surface area contributed by atoms with Crippen LogP contribution in [0.15, 0.2) is 48.8 Å². The standard InChI is InChI=1S/C21H27N5O/c1-16-15-22-9-8-20(16)25-10-5-11-26(13-12-25)21(27)19-14-18(23-24-19)17-6-3-2-4-7-17/h2-4,6-9,15,18-19,23-24H,5,10-14H2,1H3. The molecule has 6 heteroatoms. The second-order valence-electron chi connectivity index (χ2n) is 7.37. The number of amides is 1. The van der Waals surface area contributed by atoms with Gasteiger partial charge in [-0.15, -0.1) is 0 Å². The highest BCUT2D eigenvalue weighted by Crippen LogP contribution is 2.24. The molecule has 3 heterocycles. The lowest BCUT2D eigenvalue weighted by Gasteiger charge is -2.26. The van der Waals surface area contributed by atoms with Crippen LogP contribution in [0.4, 0.5) is 5.69 Å². The lowest BCUT2D eigenvalue weighted by molar-refractivity contribution is -0.133. The van der Waals surface area contributed by atoms with Crippen LogP contribution in [-0.4, -0.2) is 48.0 Å². The van der Waals surface area contributed by atoms with Crippen LogP contribution >= 0.6 is 0 Å². The summed E-state index contributed by atoms with van der Waals surface area (Å²) >= 11 is 0. The molecule has 6 nitrogen and oxygen atoms in total. The highest BCUT2D eigenvalue weighted by atomic mass is 16.2. The van der Waals surface area contributed by atoms with Crippen molar-refractivity contribution in [2.24, 2.45) is 0 Å². The summed E-state index contributed by atoms with van der Waals surface area (Å²) in [5.74, 6) is 0.203. The molecule has 0 radical (unpaired) electrons. The monoisotopic (exact) mass is 365 g/mol. The Morgan fingerprint density at radius 1 is 1.07 bits per heavy atom. The zero-order valence-electron chi connectivity index (χ0n) is 15.8. The van der Waals surface area contributed by atoms with Crippen molar-refractivity contribution in [3.63, 3.8) is 0 Å². The number of carbonyl (C=O) groups is 1. The van der Waals surface area contributed by atoms with Crippen molar-refractivity contribution >= 4 is 11.6 Å². The van der Waals surface area contributed by atoms with Crippen molar-refractivity contribution < 1.29 is 4.79 Å². The molecule has 4 rings (SSSR count). The Balaban J connectivity index is 1.37. The fourth-order valence-electron chi connectivity index (χ4n) is 4.04. The number of hydrogen-bond acceptors (Lipinski definition) is 5. The number of anilines is 1. The lowest BCUT2D eigenvalue weighted by Crippen LogP contribution is -2.46. The Bertz CT molecular complexity index is 781. The van der Waals surface area contributed by atoms with Gasteiger partial charge in [0, 0.05) is 50.3 Å². The highest BCUT2D eigenvalue weighted by Gasteiger charge is 2.33. The summed E-state index contributed by atoms with van der Waals surface area (Å²) in [4.78, 5) is 21.6. The molecular formula is C21H27N5O. The first-order valence-corrected chi connectivity index (χ1v) is 9.73. The molecule has 0 saturated carbocycles. The number of pyridine rings is 1. The summed E-state index contributed by atoms with van der Waals surface area (Å²) < 4.78 is 0. The van der Waals surface area contributed by atoms with Gasteiger partial charge in [-0.1, -0.05) is 30.3 Å². The minimum atomic E-state index is -0.163. The van der Waals surface area contributed by atoms with Gasteiger partial charge >= 0.3 is 0 Å². The third-order valence-corrected chi connectivity index (χ3v) is 5.54. The number of benzene rings is 1. The normalized spacial score (nSPS) is 23.3. The quantitative estimate of drug-likeness (QED) is 0.872. The minimum Gasteiger partial charge on any atom is -0.369 e. The van der Waals surface area contributed by atoms with Crippen molar-refractivity contribution in [1.29, 1.82) is 0 Å². The van der Waals surface area contributed by atoms with Crippen LogP contribution in [0, 0.1) is 6.92 Å². The van der Waals surface area contributed by atoms with Gasteiger partial charge in [-0.2, -0.15) is 0 Å². The Labute approximate surface area is 160 Å². The van der Waals surface area contributed by atoms with Gasteiger partial charge in [0.2, 0.25) is 5.91 Å². The number of nitrogens with zero attached hydrogens (tertiary/aromatic N) is 3. The van der Waals surface area contributed by atoms with Crippen LogP contribution in [-0.2, 0) is 4.79 Å². The highest BCUT2D eigenvalue weighted by molar-refractivity contribution is 5.82. The lowest BCUT2D eigenvalue weighted by atomic mass is 10.0. The SMILES string of the molecule is Cc1cnccc1N1CCCN(C(=O)C2CC(c3ccccc3)NN2)CC1. The van der Waals surface area contributed by atoms with Crippen molar-refractivity contribution in [1.82, 2.24) is 20.7 Å². The van der Waals surface area contributed by atoms with Crippen LogP contribution in [0.1, 0.15) is 30.0 Å². The van der Waals surface area contributed by atoms with E-state index in [0.717, 1.165) is 39.0 Å². The van der Waals surface area contributed by atoms with Crippen molar-refractivity contribution in [3.05, 3.63) is 59.9 Å². The Hall–Kier alpha value is -2.44. The van der Waals surface area contributed by atoms with Gasteiger partial charge in [0.1, 0.15) is 6.04 Å². The van der Waals surface area contributed by atoms with Crippen LogP contribution in [0.25, 0.3) is 0 Å². The Kier molecular flexibility index (Phi) is 5.36. The predicted octanol–water partition coefficient (Wildman–Crippen LogP) is 2.04. The smallest absolute Gasteiger partial charge is 0.241 e. The molecule has 2 atom stereocenters. The predicted molar refractivity (Wildman–Crippen MR) is 106 cm³/mol. The van der Waals surface area contributed by atoms with Gasteiger partial charge in [-0.25, -0.2) is 10.9 Å². The number of hydrogen-bond donors (Lipinski definition) is 2. The molecule has 1 amide bonds. The summed E-state index contributed by atoms with van der Waals surface area (Å²) in [5, 5.41) is 0. The molecule has 1 aromatic carbocycles. The molecule has 2 aliphatic heterocycles. The van der Waals surface area contributed by atoms with Gasteiger partial charge in [-0.3, -0.25) is 9.78 Å². The zero-order valence-corrected chi connectivity index (χ0v) is 15.8. The van der Waals surface area contributed by atoms with E-state index in [4.69, 9.17) is 0 Å². The van der Waals surface area contributed by atoms with E-state index in [0.29, 0.717) is 0 Å². The third kappa shape index (κ3) is 3.96. The van der Waals surface area contributed by atoms with E-state index < -0.39 is 0 Å². The molecule has 2 saturated heterocycles. The maximum Gasteiger partial charge on any atom is 0.241 e. The molecule has 0 bridgehead atoms. The first kappa shape index (κ1) is 17.9. The summed E-state index contributed by atoms with van der Waals surface area (Å²) in [6.07, 6.45) is 5.51. The molecule has 142 valence electrons. The molecular weight excluding hydrogens is 338 g/mol. The summed E-state index contributed by atoms with van der Waals surface area (Å²) in [6.45, 7) is 5.49. The van der Waals surface area contributed by atoms with E-state index in [2.05, 4.69) is 45.9 Å². The Morgan fingerprint density at radius 2 is 1.93 bits per heavy atom. The average molecular weight is 365 g/mol. The van der Waals surface area contributed by atoms with E-state index >= 15 is 0 Å². The first-order valence-electron chi connectivity index (χ1n) is 9.73. The molecule has 27 heavy (non-hydrogen) atoms. The molecule has 2 N–H and O–H groups in total. The van der Waals surface area contributed by atoms with Crippen LogP contribution in [0.5, 0.6) is 0 Å². The van der Waals surface area contributed by atoms with Crippen LogP contribution in [0.3, 0.4) is 0 Å². The van der Waals surface area contributed by atoms with E-state index in [1.165, 1.54) is 16.8 Å². The minimum absolute atomic E-state index is 0.163. The van der Waals surface area contributed by atoms with Crippen molar-refractivity contribution in [2.75, 3.05) is 31.1 Å². The van der Waals surface area contributed by atoms with Gasteiger partial charge < -0.3 is 9.80 Å². The topological polar surface area (TPSA) is 60.5 Å². The third-order valence-electron chi connectivity index (χ3n) is 5.54. The van der Waals surface area contributed by atoms with E-state index in [-0.39, 0.29) is 18.0 Å². The molecule has 1 aromatic heterocycles. The van der Waals surface area contributed by atoms with Gasteiger partial charge in [-0.05, 0) is 37.0 Å². The molecule has 2 aliphatic rings. The second kappa shape index (κ2) is 8.06. The van der Waals surface area contributed by atoms with E-state index in [9.17, 15) is 4.79 Å². The number of hydrazine groups is 1. The summed E-state index contributed by atoms with van der Waals surface area (Å²) in [7, 11) is 0. The van der Waals surface area contributed by atoms with Crippen molar-refractivity contribution in [2.45, 2.75) is 31.8 Å². The number of aryl methyl sites for hydroxylation is 1. The fourth-order valence-corrected chi connectivity index (χ4v) is 4.04. The largest absolute Gasteiger partial charge is 0.369 e. The van der Waals surface area contributed by atoms with Crippen molar-refractivity contribution in [3.8, 4) is 0 Å². The number of aromatic nitrogens is 1. The van der Waals surface area contributed by atoms with Gasteiger partial charge in [0.25, 0.3) is 0 Å². The molecule has 2 unspecified atom stereocenters. The Morgan fingerprint density at radius 3 is 2.74 bits per heavy atom. The van der Waals surface area contributed by atoms with Crippen LogP contribution < -0.4 is 15.8 Å². The van der Waals surface area contributed by atoms with E-state index in [1.807, 2.05) is 35.5 Å². The summed E-state index contributed by atoms with van der Waals surface area (Å²) in [6, 6.07) is 12.4. The molecule has 2 fully saturated rings. The van der Waals surface area contributed by atoms with Crippen LogP contribution in [0.2, 0.25) is 0 Å². The molecule has 2 aromatic rings. The number of rotatable bonds is 3. The number of carbonyl (C=O) groups excluding carboxylic acids is 1. The number of nitrogens with one attached hydrogen (secondary N) is 2. The average Bonchev–Trinajstić information content (AvgIpc) is 3.07. The molecule has 0 spiro atoms. The maximum absolute atomic E-state index is 13.0. The fraction of sp³-hybridized carbons (Fsp3) is 0.429. The summed E-state index contributed by atoms with van der Waals surface area (Å²) in [5.41, 5.74) is 10.1. The zero-order chi connectivity index (χ0) is 18.6. The molecule has 0 aliphatic carbocycles. The second-order valence-corrected chi connectivity index (χ2v) is 7.37. The first-order chi connectivity index (χ1) is 13.2. The van der Waals surface area contributed by atoms with E-state index in [1.54, 1.807) is 0 Å².